The molecule has 0 aliphatic heterocycles. The summed E-state index contributed by atoms with van der Waals surface area (Å²) < 4.78 is 0. The Morgan fingerprint density at radius 2 is 1.89 bits per heavy atom. The van der Waals surface area contributed by atoms with E-state index in [2.05, 4.69) is 39.3 Å². The number of rotatable bonds is 9. The Morgan fingerprint density at radius 1 is 1.26 bits per heavy atom. The molecule has 0 aliphatic carbocycles. The molecule has 0 saturated heterocycles. The normalized spacial score (nSPS) is 15.1. The van der Waals surface area contributed by atoms with Gasteiger partial charge in [-0.25, -0.2) is 0 Å². The molecule has 3 N–H and O–H groups in total. The zero-order chi connectivity index (χ0) is 14.9. The van der Waals surface area contributed by atoms with Gasteiger partial charge in [0.25, 0.3) is 0 Å². The van der Waals surface area contributed by atoms with Crippen LogP contribution in [0.1, 0.15) is 53.4 Å². The summed E-state index contributed by atoms with van der Waals surface area (Å²) in [6.07, 6.45) is 5.68. The van der Waals surface area contributed by atoms with Gasteiger partial charge in [0.1, 0.15) is 0 Å². The molecule has 0 saturated carbocycles. The zero-order valence-electron chi connectivity index (χ0n) is 13.3. The van der Waals surface area contributed by atoms with E-state index >= 15 is 0 Å². The van der Waals surface area contributed by atoms with Crippen LogP contribution < -0.4 is 11.1 Å². The average Bonchev–Trinajstić information content (AvgIpc) is 2.30. The Hall–Kier alpha value is -0.220. The Bertz CT molecular complexity index is 251. The molecule has 0 bridgehead atoms. The molecule has 114 valence electrons. The van der Waals surface area contributed by atoms with Crippen molar-refractivity contribution in [1.29, 1.82) is 0 Å². The van der Waals surface area contributed by atoms with E-state index in [-0.39, 0.29) is 17.4 Å². The van der Waals surface area contributed by atoms with Crippen LogP contribution in [-0.2, 0) is 4.79 Å². The Kier molecular flexibility index (Phi) is 9.54. The van der Waals surface area contributed by atoms with Gasteiger partial charge in [-0.1, -0.05) is 20.8 Å². The fraction of sp³-hybridized carbons (Fsp3) is 0.933. The van der Waals surface area contributed by atoms with Crippen LogP contribution in [0.5, 0.6) is 0 Å². The maximum Gasteiger partial charge on any atom is 0.220 e. The molecular weight excluding hydrogens is 256 g/mol. The van der Waals surface area contributed by atoms with Crippen molar-refractivity contribution in [3.05, 3.63) is 0 Å². The minimum absolute atomic E-state index is 0.180. The third kappa shape index (κ3) is 9.33. The lowest BCUT2D eigenvalue weighted by Crippen LogP contribution is -2.34. The van der Waals surface area contributed by atoms with E-state index < -0.39 is 0 Å². The lowest BCUT2D eigenvalue weighted by atomic mass is 9.76. The first-order chi connectivity index (χ1) is 8.81. The Balaban J connectivity index is 4.04. The number of thioether (sulfide) groups is 1. The summed E-state index contributed by atoms with van der Waals surface area (Å²) in [5.74, 6) is 1.80. The fourth-order valence-electron chi connectivity index (χ4n) is 2.23. The average molecular weight is 289 g/mol. The summed E-state index contributed by atoms with van der Waals surface area (Å²) >= 11 is 1.82. The molecule has 0 heterocycles. The van der Waals surface area contributed by atoms with Crippen LogP contribution in [0.15, 0.2) is 0 Å². The second-order valence-corrected chi connectivity index (χ2v) is 7.41. The SMILES string of the molecule is CSCCC(C)NC(=O)CCC(CCN)C(C)(C)C. The van der Waals surface area contributed by atoms with Gasteiger partial charge >= 0.3 is 0 Å². The van der Waals surface area contributed by atoms with Crippen molar-refractivity contribution in [3.63, 3.8) is 0 Å². The Morgan fingerprint density at radius 3 is 2.37 bits per heavy atom. The van der Waals surface area contributed by atoms with Crippen molar-refractivity contribution in [3.8, 4) is 0 Å². The van der Waals surface area contributed by atoms with E-state index in [1.54, 1.807) is 0 Å². The van der Waals surface area contributed by atoms with E-state index in [4.69, 9.17) is 5.73 Å². The van der Waals surface area contributed by atoms with E-state index in [1.807, 2.05) is 11.8 Å². The lowest BCUT2D eigenvalue weighted by Gasteiger charge is -2.30. The van der Waals surface area contributed by atoms with Crippen LogP contribution in [0, 0.1) is 11.3 Å². The second-order valence-electron chi connectivity index (χ2n) is 6.43. The van der Waals surface area contributed by atoms with Crippen LogP contribution in [0.25, 0.3) is 0 Å². The first-order valence-corrected chi connectivity index (χ1v) is 8.69. The van der Waals surface area contributed by atoms with Gasteiger partial charge in [-0.05, 0) is 56.1 Å². The van der Waals surface area contributed by atoms with E-state index in [9.17, 15) is 4.79 Å². The third-order valence-electron chi connectivity index (χ3n) is 3.62. The van der Waals surface area contributed by atoms with E-state index in [1.165, 1.54) is 0 Å². The van der Waals surface area contributed by atoms with Crippen molar-refractivity contribution in [2.24, 2.45) is 17.1 Å². The quantitative estimate of drug-likeness (QED) is 0.685. The monoisotopic (exact) mass is 288 g/mol. The standard InChI is InChI=1S/C15H32N2OS/c1-12(9-11-19-5)17-14(18)7-6-13(8-10-16)15(2,3)4/h12-13H,6-11,16H2,1-5H3,(H,17,18). The highest BCUT2D eigenvalue weighted by atomic mass is 32.2. The molecule has 19 heavy (non-hydrogen) atoms. The number of nitrogens with one attached hydrogen (secondary N) is 1. The van der Waals surface area contributed by atoms with Crippen molar-refractivity contribution in [2.45, 2.75) is 59.4 Å². The summed E-state index contributed by atoms with van der Waals surface area (Å²) in [4.78, 5) is 11.9. The van der Waals surface area contributed by atoms with Crippen LogP contribution in [0.2, 0.25) is 0 Å². The summed E-state index contributed by atoms with van der Waals surface area (Å²) in [5, 5.41) is 3.08. The Labute approximate surface area is 123 Å². The van der Waals surface area contributed by atoms with Crippen LogP contribution in [0.4, 0.5) is 0 Å². The summed E-state index contributed by atoms with van der Waals surface area (Å²) in [7, 11) is 0. The summed E-state index contributed by atoms with van der Waals surface area (Å²) in [6.45, 7) is 9.47. The molecule has 2 unspecified atom stereocenters. The minimum atomic E-state index is 0.180. The van der Waals surface area contributed by atoms with Crippen LogP contribution in [0.3, 0.4) is 0 Å². The van der Waals surface area contributed by atoms with Gasteiger partial charge in [-0.15, -0.1) is 0 Å². The van der Waals surface area contributed by atoms with Crippen molar-refractivity contribution >= 4 is 17.7 Å². The third-order valence-corrected chi connectivity index (χ3v) is 4.27. The number of amides is 1. The molecular formula is C15H32N2OS. The van der Waals surface area contributed by atoms with Gasteiger partial charge < -0.3 is 11.1 Å². The highest BCUT2D eigenvalue weighted by molar-refractivity contribution is 7.98. The predicted molar refractivity (Wildman–Crippen MR) is 86.5 cm³/mol. The smallest absolute Gasteiger partial charge is 0.220 e. The summed E-state index contributed by atoms with van der Waals surface area (Å²) in [6, 6.07) is 0.280. The van der Waals surface area contributed by atoms with Crippen molar-refractivity contribution in [2.75, 3.05) is 18.6 Å². The molecule has 0 spiro atoms. The van der Waals surface area contributed by atoms with E-state index in [0.29, 0.717) is 18.9 Å². The molecule has 0 aromatic rings. The fourth-order valence-corrected chi connectivity index (χ4v) is 2.82. The highest BCUT2D eigenvalue weighted by Crippen LogP contribution is 2.31. The van der Waals surface area contributed by atoms with Crippen molar-refractivity contribution in [1.82, 2.24) is 5.32 Å². The molecule has 4 heteroatoms. The van der Waals surface area contributed by atoms with Gasteiger partial charge in [0.05, 0.1) is 0 Å². The zero-order valence-corrected chi connectivity index (χ0v) is 14.1. The van der Waals surface area contributed by atoms with Gasteiger partial charge in [-0.2, -0.15) is 11.8 Å². The second kappa shape index (κ2) is 9.65. The minimum Gasteiger partial charge on any atom is -0.354 e. The van der Waals surface area contributed by atoms with E-state index in [0.717, 1.165) is 25.0 Å². The number of carbonyl (C=O) groups excluding carboxylic acids is 1. The number of hydrogen-bond donors (Lipinski definition) is 2. The van der Waals surface area contributed by atoms with Crippen molar-refractivity contribution < 1.29 is 4.79 Å². The molecule has 0 aliphatic rings. The molecule has 0 aromatic heterocycles. The maximum absolute atomic E-state index is 11.9. The van der Waals surface area contributed by atoms with Gasteiger partial charge in [-0.3, -0.25) is 4.79 Å². The van der Waals surface area contributed by atoms with Crippen LogP contribution in [-0.4, -0.2) is 30.5 Å². The first kappa shape index (κ1) is 18.8. The molecule has 0 fully saturated rings. The predicted octanol–water partition coefficient (Wildman–Crippen LogP) is 3.04. The number of hydrogen-bond acceptors (Lipinski definition) is 3. The number of nitrogens with two attached hydrogens (primary N) is 1. The maximum atomic E-state index is 11.9. The molecule has 3 nitrogen and oxygen atoms in total. The highest BCUT2D eigenvalue weighted by Gasteiger charge is 2.24. The topological polar surface area (TPSA) is 55.1 Å². The molecule has 0 radical (unpaired) electrons. The number of carbonyl (C=O) groups is 1. The van der Waals surface area contributed by atoms with Gasteiger partial charge in [0, 0.05) is 12.5 Å². The van der Waals surface area contributed by atoms with Gasteiger partial charge in [0.15, 0.2) is 0 Å². The van der Waals surface area contributed by atoms with Gasteiger partial charge in [0.2, 0.25) is 5.91 Å². The lowest BCUT2D eigenvalue weighted by molar-refractivity contribution is -0.122. The largest absolute Gasteiger partial charge is 0.354 e. The first-order valence-electron chi connectivity index (χ1n) is 7.29. The molecule has 1 amide bonds. The summed E-state index contributed by atoms with van der Waals surface area (Å²) in [5.41, 5.74) is 5.89. The molecule has 0 aromatic carbocycles. The molecule has 2 atom stereocenters. The molecule has 0 rings (SSSR count). The van der Waals surface area contributed by atoms with Crippen LogP contribution >= 0.6 is 11.8 Å².